The molecule has 0 unspecified atom stereocenters. The van der Waals surface area contributed by atoms with E-state index in [0.29, 0.717) is 18.2 Å². The minimum absolute atomic E-state index is 0.141. The third kappa shape index (κ3) is 2.37. The normalized spacial score (nSPS) is 19.2. The van der Waals surface area contributed by atoms with Crippen LogP contribution in [0.15, 0.2) is 23.1 Å². The minimum Gasteiger partial charge on any atom is -0.307 e. The molecule has 0 radical (unpaired) electrons. The quantitative estimate of drug-likeness (QED) is 0.797. The molecule has 0 aromatic heterocycles. The first-order valence-corrected chi connectivity index (χ1v) is 8.31. The van der Waals surface area contributed by atoms with E-state index in [0.717, 1.165) is 29.0 Å². The third-order valence-corrected chi connectivity index (χ3v) is 5.22. The number of Topliss-reactive ketones (excluding diaryl/α,β-unsaturated/α-hetero) is 1. The Bertz CT molecular complexity index is 549. The molecule has 1 aromatic rings. The Balaban J connectivity index is 2.01. The second-order valence-electron chi connectivity index (χ2n) is 5.45. The number of amides is 1. The van der Waals surface area contributed by atoms with Gasteiger partial charge < -0.3 is 4.90 Å². The van der Waals surface area contributed by atoms with Crippen molar-refractivity contribution in [1.29, 1.82) is 0 Å². The van der Waals surface area contributed by atoms with Gasteiger partial charge in [0.25, 0.3) is 0 Å². The smallest absolute Gasteiger partial charge is 0.237 e. The Labute approximate surface area is 123 Å². The Morgan fingerprint density at radius 3 is 2.80 bits per heavy atom. The third-order valence-electron chi connectivity index (χ3n) is 4.17. The van der Waals surface area contributed by atoms with Crippen molar-refractivity contribution in [3.63, 3.8) is 0 Å². The SMILES string of the molecule is CCC(=O)c1ccc2c(c1)N(C1CCCC1)C(=O)CS2. The molecule has 1 heterocycles. The Kier molecular flexibility index (Phi) is 3.83. The number of thioether (sulfide) groups is 1. The Hall–Kier alpha value is -1.29. The molecule has 3 rings (SSSR count). The van der Waals surface area contributed by atoms with Crippen molar-refractivity contribution in [2.24, 2.45) is 0 Å². The molecule has 0 spiro atoms. The van der Waals surface area contributed by atoms with Gasteiger partial charge in [-0.15, -0.1) is 11.8 Å². The van der Waals surface area contributed by atoms with Crippen LogP contribution < -0.4 is 4.90 Å². The summed E-state index contributed by atoms with van der Waals surface area (Å²) in [5.74, 6) is 0.850. The zero-order valence-electron chi connectivity index (χ0n) is 11.7. The molecular formula is C16H19NO2S. The molecular weight excluding hydrogens is 270 g/mol. The first-order valence-electron chi connectivity index (χ1n) is 7.33. The van der Waals surface area contributed by atoms with Crippen molar-refractivity contribution >= 4 is 29.1 Å². The van der Waals surface area contributed by atoms with Crippen LogP contribution in [0.25, 0.3) is 0 Å². The molecule has 0 atom stereocenters. The van der Waals surface area contributed by atoms with Crippen molar-refractivity contribution in [2.45, 2.75) is 50.0 Å². The zero-order chi connectivity index (χ0) is 14.1. The number of benzene rings is 1. The van der Waals surface area contributed by atoms with E-state index in [2.05, 4.69) is 0 Å². The molecule has 3 nitrogen and oxygen atoms in total. The molecule has 1 aliphatic carbocycles. The van der Waals surface area contributed by atoms with Crippen LogP contribution in [0.5, 0.6) is 0 Å². The molecule has 1 fully saturated rings. The lowest BCUT2D eigenvalue weighted by Gasteiger charge is -2.34. The van der Waals surface area contributed by atoms with E-state index in [1.165, 1.54) is 12.8 Å². The van der Waals surface area contributed by atoms with Gasteiger partial charge in [0, 0.05) is 22.9 Å². The highest BCUT2D eigenvalue weighted by molar-refractivity contribution is 8.00. The van der Waals surface area contributed by atoms with Gasteiger partial charge in [-0.25, -0.2) is 0 Å². The lowest BCUT2D eigenvalue weighted by molar-refractivity contribution is -0.116. The fourth-order valence-corrected chi connectivity index (χ4v) is 4.00. The van der Waals surface area contributed by atoms with Crippen molar-refractivity contribution in [3.05, 3.63) is 23.8 Å². The van der Waals surface area contributed by atoms with Crippen LogP contribution in [-0.2, 0) is 4.79 Å². The van der Waals surface area contributed by atoms with Gasteiger partial charge in [0.1, 0.15) is 0 Å². The van der Waals surface area contributed by atoms with Crippen LogP contribution in [0.3, 0.4) is 0 Å². The van der Waals surface area contributed by atoms with Crippen LogP contribution in [0.4, 0.5) is 5.69 Å². The first kappa shape index (κ1) is 13.7. The lowest BCUT2D eigenvalue weighted by Crippen LogP contribution is -2.42. The number of nitrogens with zero attached hydrogens (tertiary/aromatic N) is 1. The molecule has 1 saturated carbocycles. The highest BCUT2D eigenvalue weighted by atomic mass is 32.2. The maximum atomic E-state index is 12.3. The number of hydrogen-bond donors (Lipinski definition) is 0. The van der Waals surface area contributed by atoms with Crippen LogP contribution in [0, 0.1) is 0 Å². The Morgan fingerprint density at radius 2 is 2.10 bits per heavy atom. The van der Waals surface area contributed by atoms with Crippen LogP contribution in [-0.4, -0.2) is 23.5 Å². The van der Waals surface area contributed by atoms with Gasteiger partial charge in [-0.3, -0.25) is 9.59 Å². The van der Waals surface area contributed by atoms with Crippen molar-refractivity contribution in [3.8, 4) is 0 Å². The largest absolute Gasteiger partial charge is 0.307 e. The van der Waals surface area contributed by atoms with Gasteiger partial charge in [0.15, 0.2) is 5.78 Å². The zero-order valence-corrected chi connectivity index (χ0v) is 12.5. The van der Waals surface area contributed by atoms with Gasteiger partial charge in [0.05, 0.1) is 11.4 Å². The second-order valence-corrected chi connectivity index (χ2v) is 6.47. The summed E-state index contributed by atoms with van der Waals surface area (Å²) >= 11 is 1.58. The summed E-state index contributed by atoms with van der Waals surface area (Å²) in [6, 6.07) is 6.13. The van der Waals surface area contributed by atoms with Gasteiger partial charge in [-0.2, -0.15) is 0 Å². The van der Waals surface area contributed by atoms with Crippen molar-refractivity contribution in [1.82, 2.24) is 0 Å². The summed E-state index contributed by atoms with van der Waals surface area (Å²) in [5, 5.41) is 0. The van der Waals surface area contributed by atoms with Crippen LogP contribution >= 0.6 is 11.8 Å². The van der Waals surface area contributed by atoms with Gasteiger partial charge in [0.2, 0.25) is 5.91 Å². The minimum atomic E-state index is 0.141. The van der Waals surface area contributed by atoms with E-state index in [1.54, 1.807) is 11.8 Å². The van der Waals surface area contributed by atoms with E-state index < -0.39 is 0 Å². The summed E-state index contributed by atoms with van der Waals surface area (Å²) < 4.78 is 0. The summed E-state index contributed by atoms with van der Waals surface area (Å²) in [7, 11) is 0. The maximum Gasteiger partial charge on any atom is 0.237 e. The molecule has 106 valence electrons. The number of ketones is 1. The van der Waals surface area contributed by atoms with Crippen molar-refractivity contribution < 1.29 is 9.59 Å². The molecule has 1 aliphatic heterocycles. The number of carbonyl (C=O) groups excluding carboxylic acids is 2. The van der Waals surface area contributed by atoms with Crippen molar-refractivity contribution in [2.75, 3.05) is 10.7 Å². The Morgan fingerprint density at radius 1 is 1.35 bits per heavy atom. The molecule has 1 amide bonds. The number of hydrogen-bond acceptors (Lipinski definition) is 3. The summed E-state index contributed by atoms with van der Waals surface area (Å²) in [5.41, 5.74) is 1.68. The highest BCUT2D eigenvalue weighted by Gasteiger charge is 2.32. The molecule has 2 aliphatic rings. The van der Waals surface area contributed by atoms with Gasteiger partial charge in [-0.05, 0) is 25.0 Å². The molecule has 4 heteroatoms. The van der Waals surface area contributed by atoms with E-state index in [-0.39, 0.29) is 11.7 Å². The monoisotopic (exact) mass is 289 g/mol. The number of rotatable bonds is 3. The predicted molar refractivity (Wildman–Crippen MR) is 81.5 cm³/mol. The van der Waals surface area contributed by atoms with E-state index in [4.69, 9.17) is 0 Å². The second kappa shape index (κ2) is 5.60. The lowest BCUT2D eigenvalue weighted by atomic mass is 10.1. The van der Waals surface area contributed by atoms with E-state index in [9.17, 15) is 9.59 Å². The van der Waals surface area contributed by atoms with E-state index in [1.807, 2.05) is 30.0 Å². The standard InChI is InChI=1S/C16H19NO2S/c1-2-14(18)11-7-8-15-13(9-11)17(16(19)10-20-15)12-5-3-4-6-12/h7-9,12H,2-6,10H2,1H3. The number of anilines is 1. The average Bonchev–Trinajstić information content (AvgIpc) is 2.99. The summed E-state index contributed by atoms with van der Waals surface area (Å²) in [4.78, 5) is 27.3. The first-order chi connectivity index (χ1) is 9.70. The number of fused-ring (bicyclic) bond motifs is 1. The summed E-state index contributed by atoms with van der Waals surface area (Å²) in [6.07, 6.45) is 5.07. The topological polar surface area (TPSA) is 37.4 Å². The molecule has 1 aromatic carbocycles. The fourth-order valence-electron chi connectivity index (χ4n) is 3.11. The highest BCUT2D eigenvalue weighted by Crippen LogP contribution is 2.40. The fraction of sp³-hybridized carbons (Fsp3) is 0.500. The molecule has 20 heavy (non-hydrogen) atoms. The van der Waals surface area contributed by atoms with Crippen LogP contribution in [0.1, 0.15) is 49.4 Å². The summed E-state index contributed by atoms with van der Waals surface area (Å²) in [6.45, 7) is 1.87. The van der Waals surface area contributed by atoms with Crippen LogP contribution in [0.2, 0.25) is 0 Å². The molecule has 0 saturated heterocycles. The van der Waals surface area contributed by atoms with Gasteiger partial charge in [-0.1, -0.05) is 25.8 Å². The van der Waals surface area contributed by atoms with E-state index >= 15 is 0 Å². The molecule has 0 N–H and O–H groups in total. The maximum absolute atomic E-state index is 12.3. The average molecular weight is 289 g/mol. The van der Waals surface area contributed by atoms with Gasteiger partial charge >= 0.3 is 0 Å². The predicted octanol–water partition coefficient (Wildman–Crippen LogP) is 3.66. The molecule has 0 bridgehead atoms. The number of carbonyl (C=O) groups is 2.